The van der Waals surface area contributed by atoms with Gasteiger partial charge in [-0.3, -0.25) is 0 Å². The predicted octanol–water partition coefficient (Wildman–Crippen LogP) is 2.46. The molecule has 1 aromatic carbocycles. The first-order valence-electron chi connectivity index (χ1n) is 3.98. The number of hydrogen-bond donors (Lipinski definition) is 0. The van der Waals surface area contributed by atoms with E-state index in [1.165, 1.54) is 0 Å². The first-order valence-corrected chi connectivity index (χ1v) is 4.36. The Balaban J connectivity index is 2.77. The number of fused-ring (bicyclic) bond motifs is 1. The quantitative estimate of drug-likeness (QED) is 0.679. The highest BCUT2D eigenvalue weighted by Crippen LogP contribution is 2.21. The van der Waals surface area contributed by atoms with Gasteiger partial charge in [-0.15, -0.1) is 0 Å². The molecule has 3 nitrogen and oxygen atoms in total. The maximum Gasteiger partial charge on any atom is 0.355 e. The highest BCUT2D eigenvalue weighted by atomic mass is 35.5. The molecule has 1 aromatic heterocycles. The minimum atomic E-state index is -0.535. The summed E-state index contributed by atoms with van der Waals surface area (Å²) in [6.07, 6.45) is 0. The summed E-state index contributed by atoms with van der Waals surface area (Å²) in [7, 11) is 1.55. The van der Waals surface area contributed by atoms with E-state index in [1.54, 1.807) is 31.4 Å². The fourth-order valence-corrected chi connectivity index (χ4v) is 1.35. The standard InChI is InChI=1S/C10H7ClO3/c1-13-7-3-2-6-4-8(11)10(12)14-9(6)5-7/h2-5H,1H3. The highest BCUT2D eigenvalue weighted by Gasteiger charge is 2.03. The first kappa shape index (κ1) is 9.09. The Bertz CT molecular complexity index is 530. The fraction of sp³-hybridized carbons (Fsp3) is 0.100. The van der Waals surface area contributed by atoms with Crippen molar-refractivity contribution in [2.45, 2.75) is 0 Å². The van der Waals surface area contributed by atoms with Crippen LogP contribution in [0.2, 0.25) is 5.02 Å². The molecule has 0 spiro atoms. The number of hydrogen-bond acceptors (Lipinski definition) is 3. The predicted molar refractivity (Wildman–Crippen MR) is 54.0 cm³/mol. The third-order valence-electron chi connectivity index (χ3n) is 1.90. The van der Waals surface area contributed by atoms with E-state index >= 15 is 0 Å². The van der Waals surface area contributed by atoms with E-state index in [9.17, 15) is 4.79 Å². The van der Waals surface area contributed by atoms with Gasteiger partial charge in [0.2, 0.25) is 0 Å². The zero-order chi connectivity index (χ0) is 10.1. The van der Waals surface area contributed by atoms with E-state index in [4.69, 9.17) is 20.8 Å². The lowest BCUT2D eigenvalue weighted by Crippen LogP contribution is -1.98. The zero-order valence-corrected chi connectivity index (χ0v) is 8.17. The Morgan fingerprint density at radius 1 is 1.36 bits per heavy atom. The van der Waals surface area contributed by atoms with Gasteiger partial charge in [0.25, 0.3) is 0 Å². The van der Waals surface area contributed by atoms with Crippen molar-refractivity contribution in [3.8, 4) is 5.75 Å². The average molecular weight is 211 g/mol. The van der Waals surface area contributed by atoms with E-state index in [0.29, 0.717) is 11.3 Å². The highest BCUT2D eigenvalue weighted by molar-refractivity contribution is 6.30. The van der Waals surface area contributed by atoms with Crippen LogP contribution < -0.4 is 10.4 Å². The molecule has 4 heteroatoms. The summed E-state index contributed by atoms with van der Waals surface area (Å²) in [5.74, 6) is 0.642. The van der Waals surface area contributed by atoms with Crippen LogP contribution in [0.1, 0.15) is 0 Å². The molecule has 0 aliphatic rings. The van der Waals surface area contributed by atoms with Crippen molar-refractivity contribution in [1.29, 1.82) is 0 Å². The molecule has 0 saturated heterocycles. The average Bonchev–Trinajstić information content (AvgIpc) is 2.19. The first-order chi connectivity index (χ1) is 6.70. The zero-order valence-electron chi connectivity index (χ0n) is 7.41. The van der Waals surface area contributed by atoms with Crippen LogP contribution in [0.4, 0.5) is 0 Å². The topological polar surface area (TPSA) is 39.4 Å². The monoisotopic (exact) mass is 210 g/mol. The van der Waals surface area contributed by atoms with E-state index < -0.39 is 5.63 Å². The summed E-state index contributed by atoms with van der Waals surface area (Å²) in [5, 5.41) is 0.859. The second-order valence-corrected chi connectivity index (χ2v) is 3.19. The van der Waals surface area contributed by atoms with Gasteiger partial charge >= 0.3 is 5.63 Å². The Morgan fingerprint density at radius 3 is 2.86 bits per heavy atom. The van der Waals surface area contributed by atoms with Crippen LogP contribution in [0.25, 0.3) is 11.0 Å². The van der Waals surface area contributed by atoms with Crippen LogP contribution >= 0.6 is 11.6 Å². The van der Waals surface area contributed by atoms with Gasteiger partial charge in [-0.2, -0.15) is 0 Å². The molecule has 14 heavy (non-hydrogen) atoms. The van der Waals surface area contributed by atoms with Crippen molar-refractivity contribution in [1.82, 2.24) is 0 Å². The molecule has 0 radical (unpaired) electrons. The number of methoxy groups -OCH3 is 1. The summed E-state index contributed by atoms with van der Waals surface area (Å²) in [4.78, 5) is 11.1. The molecule has 0 amide bonds. The van der Waals surface area contributed by atoms with Gasteiger partial charge in [0.15, 0.2) is 0 Å². The molecular formula is C10H7ClO3. The van der Waals surface area contributed by atoms with Crippen LogP contribution in [0.5, 0.6) is 5.75 Å². The molecule has 2 aromatic rings. The fourth-order valence-electron chi connectivity index (χ4n) is 1.19. The lowest BCUT2D eigenvalue weighted by Gasteiger charge is -2.00. The van der Waals surface area contributed by atoms with Gasteiger partial charge in [-0.05, 0) is 18.2 Å². The van der Waals surface area contributed by atoms with Gasteiger partial charge in [-0.1, -0.05) is 11.6 Å². The number of rotatable bonds is 1. The van der Waals surface area contributed by atoms with E-state index in [-0.39, 0.29) is 5.02 Å². The van der Waals surface area contributed by atoms with Crippen LogP contribution in [-0.2, 0) is 0 Å². The minimum absolute atomic E-state index is 0.0858. The SMILES string of the molecule is COc1ccc2cc(Cl)c(=O)oc2c1. The lowest BCUT2D eigenvalue weighted by molar-refractivity contribution is 0.414. The number of benzene rings is 1. The Labute approximate surface area is 84.9 Å². The lowest BCUT2D eigenvalue weighted by atomic mass is 10.2. The molecule has 72 valence electrons. The summed E-state index contributed by atoms with van der Waals surface area (Å²) >= 11 is 5.62. The molecular weight excluding hydrogens is 204 g/mol. The van der Waals surface area contributed by atoms with Crippen LogP contribution in [0.3, 0.4) is 0 Å². The molecule has 0 saturated carbocycles. The maximum absolute atomic E-state index is 11.1. The van der Waals surface area contributed by atoms with Crippen molar-refractivity contribution < 1.29 is 9.15 Å². The van der Waals surface area contributed by atoms with Crippen molar-refractivity contribution in [3.05, 3.63) is 39.7 Å². The normalized spacial score (nSPS) is 10.4. The summed E-state index contributed by atoms with van der Waals surface area (Å²) in [6, 6.07) is 6.77. The van der Waals surface area contributed by atoms with Gasteiger partial charge in [0, 0.05) is 11.5 Å². The number of halogens is 1. The molecule has 0 atom stereocenters. The van der Waals surface area contributed by atoms with E-state index in [2.05, 4.69) is 0 Å². The molecule has 0 fully saturated rings. The van der Waals surface area contributed by atoms with Crippen LogP contribution in [0.15, 0.2) is 33.5 Å². The molecule has 0 aliphatic carbocycles. The third-order valence-corrected chi connectivity index (χ3v) is 2.16. The van der Waals surface area contributed by atoms with Gasteiger partial charge in [0.1, 0.15) is 16.4 Å². The summed E-state index contributed by atoms with van der Waals surface area (Å²) < 4.78 is 9.96. The van der Waals surface area contributed by atoms with E-state index in [0.717, 1.165) is 5.39 Å². The largest absolute Gasteiger partial charge is 0.497 e. The van der Waals surface area contributed by atoms with Crippen molar-refractivity contribution in [2.24, 2.45) is 0 Å². The number of ether oxygens (including phenoxy) is 1. The minimum Gasteiger partial charge on any atom is -0.497 e. The van der Waals surface area contributed by atoms with Crippen molar-refractivity contribution in [3.63, 3.8) is 0 Å². The smallest absolute Gasteiger partial charge is 0.355 e. The molecule has 2 rings (SSSR count). The second kappa shape index (κ2) is 3.35. The Morgan fingerprint density at radius 2 is 2.14 bits per heavy atom. The molecule has 1 heterocycles. The third kappa shape index (κ3) is 1.46. The molecule has 0 aliphatic heterocycles. The van der Waals surface area contributed by atoms with Crippen molar-refractivity contribution in [2.75, 3.05) is 7.11 Å². The summed E-state index contributed by atoms with van der Waals surface area (Å²) in [5.41, 5.74) is -0.0637. The molecule has 0 unspecified atom stereocenters. The van der Waals surface area contributed by atoms with Gasteiger partial charge < -0.3 is 9.15 Å². The van der Waals surface area contributed by atoms with Gasteiger partial charge in [0.05, 0.1) is 7.11 Å². The Kier molecular flexibility index (Phi) is 2.17. The van der Waals surface area contributed by atoms with Gasteiger partial charge in [-0.25, -0.2) is 4.79 Å². The van der Waals surface area contributed by atoms with E-state index in [1.807, 2.05) is 0 Å². The van der Waals surface area contributed by atoms with Crippen LogP contribution in [0, 0.1) is 0 Å². The molecule has 0 bridgehead atoms. The summed E-state index contributed by atoms with van der Waals surface area (Å²) in [6.45, 7) is 0. The van der Waals surface area contributed by atoms with Crippen LogP contribution in [-0.4, -0.2) is 7.11 Å². The van der Waals surface area contributed by atoms with Crippen molar-refractivity contribution >= 4 is 22.6 Å². The second-order valence-electron chi connectivity index (χ2n) is 2.79. The maximum atomic E-state index is 11.1. The Hall–Kier alpha value is -1.48. The molecule has 0 N–H and O–H groups in total.